The van der Waals surface area contributed by atoms with Crippen molar-refractivity contribution in [2.75, 3.05) is 19.5 Å². The minimum atomic E-state index is -0.342. The second-order valence-electron chi connectivity index (χ2n) is 6.00. The van der Waals surface area contributed by atoms with Gasteiger partial charge < -0.3 is 10.1 Å². The Hall–Kier alpha value is -2.15. The van der Waals surface area contributed by atoms with E-state index in [1.807, 2.05) is 37.1 Å². The van der Waals surface area contributed by atoms with E-state index >= 15 is 0 Å². The minimum Gasteiger partial charge on any atom is -0.495 e. The van der Waals surface area contributed by atoms with Crippen LogP contribution in [-0.2, 0) is 11.3 Å². The predicted octanol–water partition coefficient (Wildman–Crippen LogP) is 4.42. The van der Waals surface area contributed by atoms with Gasteiger partial charge >= 0.3 is 0 Å². The first-order chi connectivity index (χ1) is 12.5. The van der Waals surface area contributed by atoms with E-state index in [1.54, 1.807) is 36.6 Å². The van der Waals surface area contributed by atoms with Crippen LogP contribution in [0.1, 0.15) is 11.9 Å². The molecule has 1 N–H and O–H groups in total. The molecule has 0 spiro atoms. The molecule has 1 heterocycles. The second-order valence-corrected chi connectivity index (χ2v) is 7.55. The first kappa shape index (κ1) is 18.6. The van der Waals surface area contributed by atoms with Gasteiger partial charge in [0.25, 0.3) is 0 Å². The Morgan fingerprint density at radius 1 is 1.35 bits per heavy atom. The summed E-state index contributed by atoms with van der Waals surface area (Å²) in [5, 5.41) is 4.41. The summed E-state index contributed by atoms with van der Waals surface area (Å²) in [6.45, 7) is 2.46. The zero-order valence-corrected chi connectivity index (χ0v) is 16.4. The SMILES string of the molecule is COc1ccc(Cl)cc1NC(=O)C(C)N(C)Cc1nc2ccccc2s1. The van der Waals surface area contributed by atoms with Crippen molar-refractivity contribution in [3.05, 3.63) is 52.5 Å². The normalized spacial score (nSPS) is 12.3. The van der Waals surface area contributed by atoms with Crippen LogP contribution in [0.4, 0.5) is 5.69 Å². The van der Waals surface area contributed by atoms with Gasteiger partial charge in [-0.15, -0.1) is 11.3 Å². The summed E-state index contributed by atoms with van der Waals surface area (Å²) in [7, 11) is 3.47. The van der Waals surface area contributed by atoms with Crippen molar-refractivity contribution in [1.82, 2.24) is 9.88 Å². The lowest BCUT2D eigenvalue weighted by Crippen LogP contribution is -2.39. The molecule has 0 fully saturated rings. The molecule has 0 radical (unpaired) electrons. The number of carbonyl (C=O) groups is 1. The fourth-order valence-electron chi connectivity index (χ4n) is 2.55. The van der Waals surface area contributed by atoms with Gasteiger partial charge in [-0.05, 0) is 44.3 Å². The van der Waals surface area contributed by atoms with Crippen molar-refractivity contribution in [3.8, 4) is 5.75 Å². The molecule has 0 aliphatic carbocycles. The van der Waals surface area contributed by atoms with Gasteiger partial charge in [0.05, 0.1) is 35.6 Å². The van der Waals surface area contributed by atoms with Gasteiger partial charge in [-0.1, -0.05) is 23.7 Å². The Labute approximate surface area is 161 Å². The van der Waals surface area contributed by atoms with Crippen LogP contribution in [-0.4, -0.2) is 36.0 Å². The predicted molar refractivity (Wildman–Crippen MR) is 107 cm³/mol. The zero-order valence-electron chi connectivity index (χ0n) is 14.8. The lowest BCUT2D eigenvalue weighted by molar-refractivity contribution is -0.120. The number of ether oxygens (including phenoxy) is 1. The molecule has 3 rings (SSSR count). The fourth-order valence-corrected chi connectivity index (χ4v) is 3.76. The molecule has 1 atom stereocenters. The summed E-state index contributed by atoms with van der Waals surface area (Å²) in [5.74, 6) is 0.443. The van der Waals surface area contributed by atoms with Gasteiger partial charge in [0.15, 0.2) is 0 Å². The number of thiazole rings is 1. The largest absolute Gasteiger partial charge is 0.495 e. The molecule has 0 aliphatic rings. The smallest absolute Gasteiger partial charge is 0.241 e. The summed E-state index contributed by atoms with van der Waals surface area (Å²) >= 11 is 7.67. The molecular weight excluding hydrogens is 370 g/mol. The molecule has 136 valence electrons. The number of para-hydroxylation sites is 1. The minimum absolute atomic E-state index is 0.130. The highest BCUT2D eigenvalue weighted by Gasteiger charge is 2.20. The summed E-state index contributed by atoms with van der Waals surface area (Å²) < 4.78 is 6.43. The third kappa shape index (κ3) is 4.15. The highest BCUT2D eigenvalue weighted by Crippen LogP contribution is 2.28. The van der Waals surface area contributed by atoms with Crippen LogP contribution in [0.15, 0.2) is 42.5 Å². The third-order valence-corrected chi connectivity index (χ3v) is 5.44. The number of likely N-dealkylation sites (N-methyl/N-ethyl adjacent to an activating group) is 1. The van der Waals surface area contributed by atoms with E-state index in [0.29, 0.717) is 23.0 Å². The van der Waals surface area contributed by atoms with E-state index in [-0.39, 0.29) is 11.9 Å². The van der Waals surface area contributed by atoms with E-state index in [9.17, 15) is 4.79 Å². The van der Waals surface area contributed by atoms with Crippen LogP contribution in [0.3, 0.4) is 0 Å². The Morgan fingerprint density at radius 2 is 2.12 bits per heavy atom. The monoisotopic (exact) mass is 389 g/mol. The standard InChI is InChI=1S/C19H20ClN3O2S/c1-12(19(24)22-15-10-13(20)8-9-16(15)25-3)23(2)11-18-21-14-6-4-5-7-17(14)26-18/h4-10,12H,11H2,1-3H3,(H,22,24). The van der Waals surface area contributed by atoms with Crippen molar-refractivity contribution < 1.29 is 9.53 Å². The molecule has 7 heteroatoms. The zero-order chi connectivity index (χ0) is 18.7. The number of hydrogen-bond donors (Lipinski definition) is 1. The number of halogens is 1. The van der Waals surface area contributed by atoms with Gasteiger partial charge in [-0.25, -0.2) is 4.98 Å². The fraction of sp³-hybridized carbons (Fsp3) is 0.263. The van der Waals surface area contributed by atoms with Crippen LogP contribution >= 0.6 is 22.9 Å². The Bertz CT molecular complexity index is 895. The molecule has 0 saturated carbocycles. The maximum atomic E-state index is 12.6. The maximum absolute atomic E-state index is 12.6. The van der Waals surface area contributed by atoms with Crippen molar-refractivity contribution in [2.24, 2.45) is 0 Å². The quantitative estimate of drug-likeness (QED) is 0.678. The van der Waals surface area contributed by atoms with Crippen molar-refractivity contribution in [3.63, 3.8) is 0 Å². The summed E-state index contributed by atoms with van der Waals surface area (Å²) in [6, 6.07) is 12.8. The molecule has 3 aromatic rings. The molecule has 2 aromatic carbocycles. The van der Waals surface area contributed by atoms with E-state index < -0.39 is 0 Å². The maximum Gasteiger partial charge on any atom is 0.241 e. The lowest BCUT2D eigenvalue weighted by atomic mass is 10.2. The molecule has 1 unspecified atom stereocenters. The van der Waals surface area contributed by atoms with E-state index in [4.69, 9.17) is 16.3 Å². The molecule has 0 bridgehead atoms. The topological polar surface area (TPSA) is 54.5 Å². The van der Waals surface area contributed by atoms with Crippen LogP contribution < -0.4 is 10.1 Å². The number of aromatic nitrogens is 1. The Morgan fingerprint density at radius 3 is 2.85 bits per heavy atom. The number of hydrogen-bond acceptors (Lipinski definition) is 5. The highest BCUT2D eigenvalue weighted by molar-refractivity contribution is 7.18. The van der Waals surface area contributed by atoms with Crippen LogP contribution in [0, 0.1) is 0 Å². The third-order valence-electron chi connectivity index (χ3n) is 4.18. The highest BCUT2D eigenvalue weighted by atomic mass is 35.5. The van der Waals surface area contributed by atoms with E-state index in [1.165, 1.54) is 0 Å². The van der Waals surface area contributed by atoms with Crippen LogP contribution in [0.2, 0.25) is 5.02 Å². The number of amides is 1. The Kier molecular flexibility index (Phi) is 5.76. The first-order valence-electron chi connectivity index (χ1n) is 8.17. The van der Waals surface area contributed by atoms with Crippen LogP contribution in [0.5, 0.6) is 5.75 Å². The molecule has 1 amide bonds. The van der Waals surface area contributed by atoms with Gasteiger partial charge in [0, 0.05) is 5.02 Å². The second kappa shape index (κ2) is 8.03. The molecular formula is C19H20ClN3O2S. The average Bonchev–Trinajstić information content (AvgIpc) is 3.03. The number of fused-ring (bicyclic) bond motifs is 1. The lowest BCUT2D eigenvalue weighted by Gasteiger charge is -2.23. The molecule has 1 aromatic heterocycles. The number of carbonyl (C=O) groups excluding carboxylic acids is 1. The number of rotatable bonds is 6. The summed E-state index contributed by atoms with van der Waals surface area (Å²) in [4.78, 5) is 19.2. The molecule has 5 nitrogen and oxygen atoms in total. The first-order valence-corrected chi connectivity index (χ1v) is 9.36. The van der Waals surface area contributed by atoms with Crippen molar-refractivity contribution >= 4 is 44.7 Å². The summed E-state index contributed by atoms with van der Waals surface area (Å²) in [6.07, 6.45) is 0. The molecule has 26 heavy (non-hydrogen) atoms. The van der Waals surface area contributed by atoms with Crippen LogP contribution in [0.25, 0.3) is 10.2 Å². The number of nitrogens with one attached hydrogen (secondary N) is 1. The van der Waals surface area contributed by atoms with Crippen molar-refractivity contribution in [1.29, 1.82) is 0 Å². The number of benzene rings is 2. The van der Waals surface area contributed by atoms with Crippen molar-refractivity contribution in [2.45, 2.75) is 19.5 Å². The van der Waals surface area contributed by atoms with Gasteiger partial charge in [0.2, 0.25) is 5.91 Å². The number of nitrogens with zero attached hydrogens (tertiary/aromatic N) is 2. The number of anilines is 1. The average molecular weight is 390 g/mol. The van der Waals surface area contributed by atoms with Gasteiger partial charge in [-0.3, -0.25) is 9.69 Å². The number of methoxy groups -OCH3 is 1. The Balaban J connectivity index is 1.68. The van der Waals surface area contributed by atoms with Gasteiger partial charge in [0.1, 0.15) is 10.8 Å². The summed E-state index contributed by atoms with van der Waals surface area (Å²) in [5.41, 5.74) is 1.55. The molecule has 0 saturated heterocycles. The van der Waals surface area contributed by atoms with Gasteiger partial charge in [-0.2, -0.15) is 0 Å². The van der Waals surface area contributed by atoms with E-state index in [2.05, 4.69) is 16.4 Å². The molecule has 0 aliphatic heterocycles. The van der Waals surface area contributed by atoms with E-state index in [0.717, 1.165) is 15.2 Å².